The van der Waals surface area contributed by atoms with Crippen LogP contribution in [0.4, 0.5) is 5.69 Å². The van der Waals surface area contributed by atoms with Gasteiger partial charge in [0.05, 0.1) is 32.6 Å². The summed E-state index contributed by atoms with van der Waals surface area (Å²) in [5.41, 5.74) is 1.11. The quantitative estimate of drug-likeness (QED) is 0.474. The maximum absolute atomic E-state index is 12.9. The molecule has 2 aromatic carbocycles. The SMILES string of the molecule is COc1ccc(-c2cc(COC(=O)c3cc(OC)c(OC)cc3NC(=O)C(C)(C)C)on2)cc1. The summed E-state index contributed by atoms with van der Waals surface area (Å²) in [5.74, 6) is 0.832. The molecule has 9 heteroatoms. The van der Waals surface area contributed by atoms with Crippen LogP contribution in [0.2, 0.25) is 0 Å². The average molecular weight is 469 g/mol. The van der Waals surface area contributed by atoms with Crippen molar-refractivity contribution in [3.8, 4) is 28.5 Å². The Morgan fingerprint density at radius 2 is 1.59 bits per heavy atom. The molecule has 1 amide bonds. The third-order valence-corrected chi connectivity index (χ3v) is 4.96. The monoisotopic (exact) mass is 468 g/mol. The number of rotatable bonds is 8. The Bertz CT molecular complexity index is 1160. The van der Waals surface area contributed by atoms with Gasteiger partial charge in [0.1, 0.15) is 11.4 Å². The van der Waals surface area contributed by atoms with E-state index in [1.807, 2.05) is 24.3 Å². The van der Waals surface area contributed by atoms with Crippen molar-refractivity contribution < 1.29 is 33.1 Å². The number of ether oxygens (including phenoxy) is 4. The maximum Gasteiger partial charge on any atom is 0.340 e. The first-order valence-corrected chi connectivity index (χ1v) is 10.5. The molecule has 0 unspecified atom stereocenters. The molecule has 3 aromatic rings. The van der Waals surface area contributed by atoms with Crippen LogP contribution in [0, 0.1) is 5.41 Å². The van der Waals surface area contributed by atoms with Crippen molar-refractivity contribution >= 4 is 17.6 Å². The highest BCUT2D eigenvalue weighted by molar-refractivity contribution is 6.03. The summed E-state index contributed by atoms with van der Waals surface area (Å²) in [6.07, 6.45) is 0. The summed E-state index contributed by atoms with van der Waals surface area (Å²) < 4.78 is 26.5. The molecule has 0 bridgehead atoms. The zero-order chi connectivity index (χ0) is 24.9. The molecule has 0 radical (unpaired) electrons. The number of esters is 1. The summed E-state index contributed by atoms with van der Waals surface area (Å²) >= 11 is 0. The lowest BCUT2D eigenvalue weighted by Crippen LogP contribution is -2.28. The van der Waals surface area contributed by atoms with Gasteiger partial charge < -0.3 is 28.8 Å². The summed E-state index contributed by atoms with van der Waals surface area (Å²) in [6.45, 7) is 5.16. The maximum atomic E-state index is 12.9. The van der Waals surface area contributed by atoms with Crippen molar-refractivity contribution in [1.29, 1.82) is 0 Å². The van der Waals surface area contributed by atoms with Gasteiger partial charge in [0, 0.05) is 29.2 Å². The minimum Gasteiger partial charge on any atom is -0.497 e. The molecule has 3 rings (SSSR count). The Labute approximate surface area is 197 Å². The average Bonchev–Trinajstić information content (AvgIpc) is 3.30. The summed E-state index contributed by atoms with van der Waals surface area (Å²) in [5, 5.41) is 6.80. The van der Waals surface area contributed by atoms with E-state index < -0.39 is 11.4 Å². The summed E-state index contributed by atoms with van der Waals surface area (Å²) in [4.78, 5) is 25.5. The Hall–Kier alpha value is -4.01. The van der Waals surface area contributed by atoms with Crippen molar-refractivity contribution in [2.45, 2.75) is 27.4 Å². The van der Waals surface area contributed by atoms with Gasteiger partial charge in [-0.2, -0.15) is 0 Å². The normalized spacial score (nSPS) is 11.0. The zero-order valence-corrected chi connectivity index (χ0v) is 20.1. The van der Waals surface area contributed by atoms with Gasteiger partial charge in [-0.15, -0.1) is 0 Å². The van der Waals surface area contributed by atoms with E-state index in [0.29, 0.717) is 23.0 Å². The van der Waals surface area contributed by atoms with E-state index >= 15 is 0 Å². The zero-order valence-electron chi connectivity index (χ0n) is 20.1. The number of amides is 1. The van der Waals surface area contributed by atoms with E-state index in [1.165, 1.54) is 26.4 Å². The largest absolute Gasteiger partial charge is 0.497 e. The molecule has 180 valence electrons. The summed E-state index contributed by atoms with van der Waals surface area (Å²) in [6, 6.07) is 12.0. The van der Waals surface area contributed by atoms with Gasteiger partial charge in [-0.05, 0) is 24.3 Å². The molecule has 34 heavy (non-hydrogen) atoms. The highest BCUT2D eigenvalue weighted by atomic mass is 16.6. The molecule has 0 aliphatic carbocycles. The van der Waals surface area contributed by atoms with Crippen LogP contribution in [0.25, 0.3) is 11.3 Å². The number of methoxy groups -OCH3 is 3. The van der Waals surface area contributed by atoms with Crippen LogP contribution in [0.5, 0.6) is 17.2 Å². The number of nitrogens with one attached hydrogen (secondary N) is 1. The van der Waals surface area contributed by atoms with Gasteiger partial charge in [-0.3, -0.25) is 4.79 Å². The third-order valence-electron chi connectivity index (χ3n) is 4.96. The van der Waals surface area contributed by atoms with Gasteiger partial charge in [0.25, 0.3) is 0 Å². The molecule has 0 aliphatic rings. The van der Waals surface area contributed by atoms with Gasteiger partial charge in [-0.25, -0.2) is 4.79 Å². The second-order valence-corrected chi connectivity index (χ2v) is 8.44. The van der Waals surface area contributed by atoms with Crippen LogP contribution >= 0.6 is 0 Å². The number of hydrogen-bond donors (Lipinski definition) is 1. The van der Waals surface area contributed by atoms with Crippen molar-refractivity contribution in [1.82, 2.24) is 5.16 Å². The molecule has 1 aromatic heterocycles. The molecule has 0 aliphatic heterocycles. The molecule has 0 spiro atoms. The van der Waals surface area contributed by atoms with E-state index in [2.05, 4.69) is 10.5 Å². The fourth-order valence-corrected chi connectivity index (χ4v) is 2.95. The van der Waals surface area contributed by atoms with Crippen LogP contribution < -0.4 is 19.5 Å². The number of carbonyl (C=O) groups is 2. The number of anilines is 1. The van der Waals surface area contributed by atoms with Gasteiger partial charge in [-0.1, -0.05) is 25.9 Å². The van der Waals surface area contributed by atoms with Crippen molar-refractivity contribution in [2.24, 2.45) is 5.41 Å². The Balaban J connectivity index is 1.79. The first-order valence-electron chi connectivity index (χ1n) is 10.5. The standard InChI is InChI=1S/C25H28N2O7/c1-25(2,3)24(29)26-20-13-22(32-6)21(31-5)12-18(20)23(28)33-14-17-11-19(27-34-17)15-7-9-16(30-4)10-8-15/h7-13H,14H2,1-6H3,(H,26,29). The predicted molar refractivity (Wildman–Crippen MR) is 125 cm³/mol. The predicted octanol–water partition coefficient (Wildman–Crippen LogP) is 4.71. The van der Waals surface area contributed by atoms with Crippen molar-refractivity contribution in [3.63, 3.8) is 0 Å². The van der Waals surface area contributed by atoms with Crippen molar-refractivity contribution in [2.75, 3.05) is 26.6 Å². The number of aromatic nitrogens is 1. The molecular weight excluding hydrogens is 440 g/mol. The van der Waals surface area contributed by atoms with Gasteiger partial charge >= 0.3 is 5.97 Å². The molecular formula is C25H28N2O7. The van der Waals surface area contributed by atoms with E-state index in [-0.39, 0.29) is 23.8 Å². The van der Waals surface area contributed by atoms with Crippen LogP contribution in [0.1, 0.15) is 36.9 Å². The van der Waals surface area contributed by atoms with Crippen LogP contribution in [-0.4, -0.2) is 38.4 Å². The lowest BCUT2D eigenvalue weighted by molar-refractivity contribution is -0.123. The third kappa shape index (κ3) is 5.67. The van der Waals surface area contributed by atoms with E-state index in [1.54, 1.807) is 33.9 Å². The number of hydrogen-bond acceptors (Lipinski definition) is 8. The fraction of sp³-hybridized carbons (Fsp3) is 0.320. The summed E-state index contributed by atoms with van der Waals surface area (Å²) in [7, 11) is 4.51. The molecule has 1 N–H and O–H groups in total. The fourth-order valence-electron chi connectivity index (χ4n) is 2.95. The minimum atomic E-state index is -0.675. The smallest absolute Gasteiger partial charge is 0.340 e. The second kappa shape index (κ2) is 10.3. The Morgan fingerprint density at radius 1 is 0.941 bits per heavy atom. The highest BCUT2D eigenvalue weighted by Gasteiger charge is 2.25. The first-order chi connectivity index (χ1) is 16.2. The van der Waals surface area contributed by atoms with E-state index in [4.69, 9.17) is 23.5 Å². The number of benzene rings is 2. The van der Waals surface area contributed by atoms with Gasteiger partial charge in [0.2, 0.25) is 5.91 Å². The molecule has 0 atom stereocenters. The number of nitrogens with zero attached hydrogens (tertiary/aromatic N) is 1. The second-order valence-electron chi connectivity index (χ2n) is 8.44. The molecule has 1 heterocycles. The molecule has 0 saturated heterocycles. The first kappa shape index (κ1) is 24.6. The molecule has 0 fully saturated rings. The van der Waals surface area contributed by atoms with E-state index in [0.717, 1.165) is 11.3 Å². The van der Waals surface area contributed by atoms with Crippen LogP contribution in [-0.2, 0) is 16.1 Å². The Kier molecular flexibility index (Phi) is 7.45. The van der Waals surface area contributed by atoms with Crippen LogP contribution in [0.15, 0.2) is 47.0 Å². The lowest BCUT2D eigenvalue weighted by atomic mass is 9.95. The minimum absolute atomic E-state index is 0.116. The van der Waals surface area contributed by atoms with Gasteiger partial charge in [0.15, 0.2) is 23.9 Å². The number of carbonyl (C=O) groups excluding carboxylic acids is 2. The van der Waals surface area contributed by atoms with Crippen molar-refractivity contribution in [3.05, 3.63) is 53.8 Å². The highest BCUT2D eigenvalue weighted by Crippen LogP contribution is 2.35. The lowest BCUT2D eigenvalue weighted by Gasteiger charge is -2.20. The molecule has 0 saturated carbocycles. The topological polar surface area (TPSA) is 109 Å². The Morgan fingerprint density at radius 3 is 2.18 bits per heavy atom. The van der Waals surface area contributed by atoms with Crippen LogP contribution in [0.3, 0.4) is 0 Å². The van der Waals surface area contributed by atoms with E-state index in [9.17, 15) is 9.59 Å². The molecule has 9 nitrogen and oxygen atoms in total.